The first-order valence-corrected chi connectivity index (χ1v) is 6.28. The molecule has 16 heavy (non-hydrogen) atoms. The van der Waals surface area contributed by atoms with Crippen LogP contribution in [-0.4, -0.2) is 29.9 Å². The minimum absolute atomic E-state index is 0.117. The Kier molecular flexibility index (Phi) is 4.00. The van der Waals surface area contributed by atoms with E-state index in [0.717, 1.165) is 25.4 Å². The van der Waals surface area contributed by atoms with Gasteiger partial charge in [0, 0.05) is 13.1 Å². The smallest absolute Gasteiger partial charge is 0.240 e. The molecule has 1 heterocycles. The van der Waals surface area contributed by atoms with E-state index in [2.05, 4.69) is 13.8 Å². The summed E-state index contributed by atoms with van der Waals surface area (Å²) in [5.41, 5.74) is 5.86. The van der Waals surface area contributed by atoms with E-state index in [4.69, 9.17) is 5.73 Å². The molecule has 1 amide bonds. The van der Waals surface area contributed by atoms with Gasteiger partial charge in [0.2, 0.25) is 5.91 Å². The van der Waals surface area contributed by atoms with E-state index in [9.17, 15) is 4.79 Å². The number of carbonyl (C=O) groups excluding carboxylic acids is 1. The van der Waals surface area contributed by atoms with E-state index in [-0.39, 0.29) is 17.4 Å². The standard InChI is InChI=1S/C13H26N2O/c1-9-6-7-15(8-10(9)2)12(16)11(14)13(3,4)5/h9-11H,6-8,14H2,1-5H3/t9?,10?,11-/m0/s1. The van der Waals surface area contributed by atoms with Crippen LogP contribution in [0, 0.1) is 17.3 Å². The van der Waals surface area contributed by atoms with Crippen LogP contribution in [0.1, 0.15) is 41.0 Å². The van der Waals surface area contributed by atoms with Crippen LogP contribution in [0.5, 0.6) is 0 Å². The van der Waals surface area contributed by atoms with E-state index in [1.165, 1.54) is 0 Å². The Morgan fingerprint density at radius 3 is 2.31 bits per heavy atom. The van der Waals surface area contributed by atoms with Gasteiger partial charge in [0.25, 0.3) is 0 Å². The number of likely N-dealkylation sites (tertiary alicyclic amines) is 1. The molecule has 3 nitrogen and oxygen atoms in total. The van der Waals surface area contributed by atoms with Crippen molar-refractivity contribution >= 4 is 5.91 Å². The van der Waals surface area contributed by atoms with Crippen LogP contribution in [0.3, 0.4) is 0 Å². The second kappa shape index (κ2) is 4.74. The molecule has 0 aromatic heterocycles. The van der Waals surface area contributed by atoms with Gasteiger partial charge in [0.05, 0.1) is 6.04 Å². The summed E-state index contributed by atoms with van der Waals surface area (Å²) in [6.07, 6.45) is 1.10. The first kappa shape index (κ1) is 13.5. The fourth-order valence-corrected chi connectivity index (χ4v) is 2.03. The van der Waals surface area contributed by atoms with Gasteiger partial charge in [-0.2, -0.15) is 0 Å². The van der Waals surface area contributed by atoms with E-state index < -0.39 is 0 Å². The molecule has 1 fully saturated rings. The summed E-state index contributed by atoms with van der Waals surface area (Å²) in [5, 5.41) is 0. The monoisotopic (exact) mass is 226 g/mol. The number of hydrogen-bond donors (Lipinski definition) is 1. The van der Waals surface area contributed by atoms with Gasteiger partial charge >= 0.3 is 0 Å². The average Bonchev–Trinajstić information content (AvgIpc) is 2.18. The summed E-state index contributed by atoms with van der Waals surface area (Å²) in [6.45, 7) is 12.3. The number of amides is 1. The van der Waals surface area contributed by atoms with E-state index in [0.29, 0.717) is 5.92 Å². The van der Waals surface area contributed by atoms with Crippen LogP contribution < -0.4 is 5.73 Å². The minimum atomic E-state index is -0.381. The molecule has 0 spiro atoms. The molecule has 3 heteroatoms. The summed E-state index contributed by atoms with van der Waals surface area (Å²) in [7, 11) is 0. The van der Waals surface area contributed by atoms with Gasteiger partial charge in [0.1, 0.15) is 0 Å². The topological polar surface area (TPSA) is 46.3 Å². The lowest BCUT2D eigenvalue weighted by atomic mass is 9.84. The molecule has 0 bridgehead atoms. The number of rotatable bonds is 1. The molecular weight excluding hydrogens is 200 g/mol. The maximum atomic E-state index is 12.2. The lowest BCUT2D eigenvalue weighted by Gasteiger charge is -2.38. The molecule has 0 aromatic carbocycles. The van der Waals surface area contributed by atoms with Crippen LogP contribution in [0.4, 0.5) is 0 Å². The molecule has 1 saturated heterocycles. The van der Waals surface area contributed by atoms with Crippen LogP contribution in [-0.2, 0) is 4.79 Å². The number of nitrogens with zero attached hydrogens (tertiary/aromatic N) is 1. The van der Waals surface area contributed by atoms with Crippen LogP contribution in [0.25, 0.3) is 0 Å². The number of carbonyl (C=O) groups is 1. The molecule has 1 aliphatic heterocycles. The van der Waals surface area contributed by atoms with Crippen molar-refractivity contribution in [2.24, 2.45) is 23.0 Å². The first-order chi connectivity index (χ1) is 7.23. The van der Waals surface area contributed by atoms with Crippen molar-refractivity contribution in [1.82, 2.24) is 4.90 Å². The maximum Gasteiger partial charge on any atom is 0.240 e. The first-order valence-electron chi connectivity index (χ1n) is 6.28. The third-order valence-corrected chi connectivity index (χ3v) is 3.84. The molecule has 1 rings (SSSR count). The highest BCUT2D eigenvalue weighted by Crippen LogP contribution is 2.25. The Balaban J connectivity index is 2.62. The number of hydrogen-bond acceptors (Lipinski definition) is 2. The molecule has 0 aliphatic carbocycles. The fraction of sp³-hybridized carbons (Fsp3) is 0.923. The summed E-state index contributed by atoms with van der Waals surface area (Å²) >= 11 is 0. The van der Waals surface area contributed by atoms with E-state index >= 15 is 0 Å². The van der Waals surface area contributed by atoms with Crippen LogP contribution in [0.2, 0.25) is 0 Å². The third-order valence-electron chi connectivity index (χ3n) is 3.84. The molecule has 0 saturated carbocycles. The van der Waals surface area contributed by atoms with Crippen LogP contribution in [0.15, 0.2) is 0 Å². The molecule has 0 radical (unpaired) electrons. The predicted molar refractivity (Wildman–Crippen MR) is 67.0 cm³/mol. The average molecular weight is 226 g/mol. The zero-order valence-electron chi connectivity index (χ0n) is 11.3. The normalized spacial score (nSPS) is 29.0. The Bertz CT molecular complexity index is 257. The highest BCUT2D eigenvalue weighted by Gasteiger charge is 2.33. The van der Waals surface area contributed by atoms with Gasteiger partial charge in [-0.1, -0.05) is 34.6 Å². The Hall–Kier alpha value is -0.570. The summed E-state index contributed by atoms with van der Waals surface area (Å²) in [4.78, 5) is 14.1. The Morgan fingerprint density at radius 2 is 1.88 bits per heavy atom. The van der Waals surface area contributed by atoms with Gasteiger partial charge in [-0.05, 0) is 23.7 Å². The van der Waals surface area contributed by atoms with Crippen molar-refractivity contribution in [3.8, 4) is 0 Å². The largest absolute Gasteiger partial charge is 0.341 e. The van der Waals surface area contributed by atoms with Crippen molar-refractivity contribution in [2.45, 2.75) is 47.1 Å². The van der Waals surface area contributed by atoms with Crippen molar-refractivity contribution in [3.63, 3.8) is 0 Å². The summed E-state index contributed by atoms with van der Waals surface area (Å²) in [5.74, 6) is 1.42. The molecule has 1 aliphatic rings. The minimum Gasteiger partial charge on any atom is -0.341 e. The van der Waals surface area contributed by atoms with E-state index in [1.54, 1.807) is 0 Å². The maximum absolute atomic E-state index is 12.2. The number of nitrogens with two attached hydrogens (primary N) is 1. The molecule has 3 atom stereocenters. The second-order valence-corrected chi connectivity index (χ2v) is 6.37. The Morgan fingerprint density at radius 1 is 1.31 bits per heavy atom. The highest BCUT2D eigenvalue weighted by atomic mass is 16.2. The molecule has 2 unspecified atom stereocenters. The van der Waals surface area contributed by atoms with Gasteiger partial charge in [-0.15, -0.1) is 0 Å². The lowest BCUT2D eigenvalue weighted by Crippen LogP contribution is -2.53. The van der Waals surface area contributed by atoms with Crippen molar-refractivity contribution < 1.29 is 4.79 Å². The zero-order valence-corrected chi connectivity index (χ0v) is 11.3. The molecule has 0 aromatic rings. The zero-order chi connectivity index (χ0) is 12.5. The summed E-state index contributed by atoms with van der Waals surface area (Å²) in [6, 6.07) is -0.381. The quantitative estimate of drug-likeness (QED) is 0.742. The molecule has 2 N–H and O–H groups in total. The highest BCUT2D eigenvalue weighted by molar-refractivity contribution is 5.82. The fourth-order valence-electron chi connectivity index (χ4n) is 2.03. The van der Waals surface area contributed by atoms with Crippen LogP contribution >= 0.6 is 0 Å². The second-order valence-electron chi connectivity index (χ2n) is 6.37. The lowest BCUT2D eigenvalue weighted by molar-refractivity contribution is -0.137. The van der Waals surface area contributed by atoms with Crippen molar-refractivity contribution in [3.05, 3.63) is 0 Å². The SMILES string of the molecule is CC1CCN(C(=O)[C@H](N)C(C)(C)C)CC1C. The summed E-state index contributed by atoms with van der Waals surface area (Å²) < 4.78 is 0. The van der Waals surface area contributed by atoms with Crippen molar-refractivity contribution in [1.29, 1.82) is 0 Å². The van der Waals surface area contributed by atoms with E-state index in [1.807, 2.05) is 25.7 Å². The predicted octanol–water partition coefficient (Wildman–Crippen LogP) is 1.86. The van der Waals surface area contributed by atoms with Crippen molar-refractivity contribution in [2.75, 3.05) is 13.1 Å². The molecule has 94 valence electrons. The van der Waals surface area contributed by atoms with Gasteiger partial charge in [-0.25, -0.2) is 0 Å². The molecular formula is C13H26N2O. The van der Waals surface area contributed by atoms with Gasteiger partial charge < -0.3 is 10.6 Å². The Labute approximate surface area is 99.4 Å². The van der Waals surface area contributed by atoms with Gasteiger partial charge in [0.15, 0.2) is 0 Å². The third kappa shape index (κ3) is 2.97. The number of piperidine rings is 1. The van der Waals surface area contributed by atoms with Gasteiger partial charge in [-0.3, -0.25) is 4.79 Å².